The molecule has 3 aromatic rings. The molecule has 0 radical (unpaired) electrons. The molecule has 5 nitrogen and oxygen atoms in total. The fourth-order valence-electron chi connectivity index (χ4n) is 2.19. The summed E-state index contributed by atoms with van der Waals surface area (Å²) < 4.78 is 0. The highest BCUT2D eigenvalue weighted by atomic mass is 35.5. The molecule has 0 aliphatic carbocycles. The lowest BCUT2D eigenvalue weighted by Gasteiger charge is -1.99. The van der Waals surface area contributed by atoms with Crippen LogP contribution in [0.5, 0.6) is 0 Å². The van der Waals surface area contributed by atoms with Crippen LogP contribution in [0.2, 0.25) is 10.0 Å². The van der Waals surface area contributed by atoms with Crippen LogP contribution in [0.15, 0.2) is 47.8 Å². The van der Waals surface area contributed by atoms with E-state index < -0.39 is 4.92 Å². The normalized spacial score (nSPS) is 11.2. The Bertz CT molecular complexity index is 1050. The molecule has 1 heterocycles. The van der Waals surface area contributed by atoms with Crippen molar-refractivity contribution < 1.29 is 4.92 Å². The molecule has 0 fully saturated rings. The van der Waals surface area contributed by atoms with Gasteiger partial charge in [0, 0.05) is 23.1 Å². The van der Waals surface area contributed by atoms with Gasteiger partial charge in [-0.2, -0.15) is 5.26 Å². The molecule has 2 aromatic carbocycles. The number of rotatable bonds is 4. The Morgan fingerprint density at radius 2 is 1.92 bits per heavy atom. The van der Waals surface area contributed by atoms with E-state index in [2.05, 4.69) is 11.1 Å². The quantitative estimate of drug-likeness (QED) is 0.301. The average Bonchev–Trinajstić information content (AvgIpc) is 3.12. The van der Waals surface area contributed by atoms with Crippen molar-refractivity contribution in [2.45, 2.75) is 0 Å². The average molecular weight is 402 g/mol. The molecule has 0 atom stereocenters. The Kier molecular flexibility index (Phi) is 5.33. The van der Waals surface area contributed by atoms with Gasteiger partial charge in [0.15, 0.2) is 0 Å². The molecule has 0 amide bonds. The summed E-state index contributed by atoms with van der Waals surface area (Å²) >= 11 is 13.3. The van der Waals surface area contributed by atoms with Crippen molar-refractivity contribution in [1.82, 2.24) is 4.98 Å². The molecule has 0 aliphatic heterocycles. The van der Waals surface area contributed by atoms with Crippen LogP contribution in [0.1, 0.15) is 10.6 Å². The molecule has 0 aliphatic rings. The SMILES string of the molecule is N#C/C(=C/c1ccc([N+](=O)[O-])cc1)c1nc(-c2ccc(Cl)c(Cl)c2)cs1. The predicted octanol–water partition coefficient (Wildman–Crippen LogP) is 6.09. The second-order valence-corrected chi connectivity index (χ2v) is 6.86. The van der Waals surface area contributed by atoms with Crippen LogP contribution in [0.3, 0.4) is 0 Å². The number of nitro groups is 1. The van der Waals surface area contributed by atoms with Gasteiger partial charge in [0.25, 0.3) is 5.69 Å². The Balaban J connectivity index is 1.91. The van der Waals surface area contributed by atoms with E-state index in [0.29, 0.717) is 31.9 Å². The molecule has 0 spiro atoms. The number of nitriles is 1. The molecule has 0 saturated carbocycles. The van der Waals surface area contributed by atoms with Gasteiger partial charge in [0.1, 0.15) is 11.1 Å². The van der Waals surface area contributed by atoms with Gasteiger partial charge in [-0.1, -0.05) is 29.3 Å². The number of aromatic nitrogens is 1. The first kappa shape index (κ1) is 18.1. The third kappa shape index (κ3) is 3.92. The number of non-ortho nitro benzene ring substituents is 1. The van der Waals surface area contributed by atoms with Crippen LogP contribution in [0.4, 0.5) is 5.69 Å². The number of thiazole rings is 1. The minimum atomic E-state index is -0.469. The van der Waals surface area contributed by atoms with Crippen molar-refractivity contribution in [2.75, 3.05) is 0 Å². The van der Waals surface area contributed by atoms with Crippen molar-refractivity contribution in [3.8, 4) is 17.3 Å². The van der Waals surface area contributed by atoms with Crippen molar-refractivity contribution in [2.24, 2.45) is 0 Å². The summed E-state index contributed by atoms with van der Waals surface area (Å²) in [6, 6.07) is 13.3. The molecule has 26 heavy (non-hydrogen) atoms. The zero-order valence-electron chi connectivity index (χ0n) is 13.0. The minimum absolute atomic E-state index is 0.00295. The summed E-state index contributed by atoms with van der Waals surface area (Å²) in [4.78, 5) is 14.7. The van der Waals surface area contributed by atoms with Crippen LogP contribution in [-0.2, 0) is 0 Å². The number of halogens is 2. The summed E-state index contributed by atoms with van der Waals surface area (Å²) in [7, 11) is 0. The lowest BCUT2D eigenvalue weighted by molar-refractivity contribution is -0.384. The molecule has 128 valence electrons. The van der Waals surface area contributed by atoms with Gasteiger partial charge in [0.05, 0.1) is 26.2 Å². The van der Waals surface area contributed by atoms with Gasteiger partial charge < -0.3 is 0 Å². The van der Waals surface area contributed by atoms with E-state index in [1.165, 1.54) is 23.5 Å². The summed E-state index contributed by atoms with van der Waals surface area (Å²) in [5, 5.41) is 23.4. The van der Waals surface area contributed by atoms with Crippen molar-refractivity contribution in [3.05, 3.63) is 78.6 Å². The Morgan fingerprint density at radius 1 is 1.19 bits per heavy atom. The van der Waals surface area contributed by atoms with Crippen molar-refractivity contribution >= 4 is 51.9 Å². The second-order valence-electron chi connectivity index (χ2n) is 5.19. The molecule has 0 saturated heterocycles. The first-order valence-corrected chi connectivity index (χ1v) is 8.89. The molecule has 0 unspecified atom stereocenters. The number of nitro benzene ring substituents is 1. The zero-order chi connectivity index (χ0) is 18.7. The summed E-state index contributed by atoms with van der Waals surface area (Å²) in [5.41, 5.74) is 2.54. The second kappa shape index (κ2) is 7.67. The van der Waals surface area contributed by atoms with E-state index in [0.717, 1.165) is 5.56 Å². The molecule has 0 N–H and O–H groups in total. The predicted molar refractivity (Wildman–Crippen MR) is 104 cm³/mol. The summed E-state index contributed by atoms with van der Waals surface area (Å²) in [6.45, 7) is 0. The number of hydrogen-bond acceptors (Lipinski definition) is 5. The smallest absolute Gasteiger partial charge is 0.258 e. The van der Waals surface area contributed by atoms with Gasteiger partial charge in [-0.15, -0.1) is 11.3 Å². The molecule has 1 aromatic heterocycles. The first-order valence-electron chi connectivity index (χ1n) is 7.25. The van der Waals surface area contributed by atoms with Crippen LogP contribution >= 0.6 is 34.5 Å². The molecular formula is C18H9Cl2N3O2S. The highest BCUT2D eigenvalue weighted by Gasteiger charge is 2.11. The Morgan fingerprint density at radius 3 is 2.54 bits per heavy atom. The number of benzene rings is 2. The third-order valence-corrected chi connectivity index (χ3v) is 5.10. The number of nitrogens with zero attached hydrogens (tertiary/aromatic N) is 3. The Labute approximate surface area is 162 Å². The zero-order valence-corrected chi connectivity index (χ0v) is 15.3. The maximum Gasteiger partial charge on any atom is 0.269 e. The first-order chi connectivity index (χ1) is 12.5. The maximum absolute atomic E-state index is 10.7. The monoisotopic (exact) mass is 401 g/mol. The summed E-state index contributed by atoms with van der Waals surface area (Å²) in [6.07, 6.45) is 1.64. The van der Waals surface area contributed by atoms with Gasteiger partial charge in [-0.05, 0) is 35.9 Å². The van der Waals surface area contributed by atoms with Crippen LogP contribution < -0.4 is 0 Å². The molecule has 0 bridgehead atoms. The van der Waals surface area contributed by atoms with Crippen molar-refractivity contribution in [1.29, 1.82) is 5.26 Å². The maximum atomic E-state index is 10.7. The van der Waals surface area contributed by atoms with E-state index in [9.17, 15) is 15.4 Å². The van der Waals surface area contributed by atoms with Gasteiger partial charge in [-0.25, -0.2) is 4.98 Å². The fourth-order valence-corrected chi connectivity index (χ4v) is 3.28. The van der Waals surface area contributed by atoms with Crippen LogP contribution in [-0.4, -0.2) is 9.91 Å². The van der Waals surface area contributed by atoms with Gasteiger partial charge >= 0.3 is 0 Å². The van der Waals surface area contributed by atoms with Crippen LogP contribution in [0.25, 0.3) is 22.9 Å². The molecular weight excluding hydrogens is 393 g/mol. The van der Waals surface area contributed by atoms with E-state index in [1.807, 2.05) is 5.38 Å². The standard InChI is InChI=1S/C18H9Cl2N3O2S/c19-15-6-3-12(8-16(15)20)17-10-26-18(22-17)13(9-21)7-11-1-4-14(5-2-11)23(24)25/h1-8,10H/b13-7-. The highest BCUT2D eigenvalue weighted by molar-refractivity contribution is 7.11. The van der Waals surface area contributed by atoms with Gasteiger partial charge in [0.2, 0.25) is 0 Å². The lowest BCUT2D eigenvalue weighted by Crippen LogP contribution is -1.87. The van der Waals surface area contributed by atoms with E-state index in [4.69, 9.17) is 23.2 Å². The van der Waals surface area contributed by atoms with Gasteiger partial charge in [-0.3, -0.25) is 10.1 Å². The number of hydrogen-bond donors (Lipinski definition) is 0. The van der Waals surface area contributed by atoms with E-state index >= 15 is 0 Å². The topological polar surface area (TPSA) is 79.8 Å². The lowest BCUT2D eigenvalue weighted by atomic mass is 10.1. The highest BCUT2D eigenvalue weighted by Crippen LogP contribution is 2.31. The largest absolute Gasteiger partial charge is 0.269 e. The minimum Gasteiger partial charge on any atom is -0.258 e. The third-order valence-electron chi connectivity index (χ3n) is 3.49. The van der Waals surface area contributed by atoms with Crippen molar-refractivity contribution in [3.63, 3.8) is 0 Å². The summed E-state index contributed by atoms with van der Waals surface area (Å²) in [5.74, 6) is 0. The van der Waals surface area contributed by atoms with E-state index in [-0.39, 0.29) is 5.69 Å². The molecule has 8 heteroatoms. The van der Waals surface area contributed by atoms with E-state index in [1.54, 1.807) is 36.4 Å². The molecule has 3 rings (SSSR count). The fraction of sp³-hybridized carbons (Fsp3) is 0. The number of allylic oxidation sites excluding steroid dienone is 1. The Hall–Kier alpha value is -2.72. The van der Waals surface area contributed by atoms with Crippen LogP contribution in [0, 0.1) is 21.4 Å².